The van der Waals surface area contributed by atoms with E-state index in [0.29, 0.717) is 29.3 Å². The summed E-state index contributed by atoms with van der Waals surface area (Å²) in [6.07, 6.45) is 4.73. The Morgan fingerprint density at radius 1 is 1.26 bits per heavy atom. The zero-order chi connectivity index (χ0) is 19.4. The first kappa shape index (κ1) is 18.6. The molecule has 3 aromatic heterocycles. The molecule has 0 aliphatic rings. The lowest BCUT2D eigenvalue weighted by molar-refractivity contribution is 0.0946. The van der Waals surface area contributed by atoms with Gasteiger partial charge >= 0.3 is 0 Å². The molecule has 3 heterocycles. The number of hydrogen-bond acceptors (Lipinski definition) is 7. The molecule has 2 N–H and O–H groups in total. The summed E-state index contributed by atoms with van der Waals surface area (Å²) in [5.74, 6) is 0.789. The number of carbonyl (C=O) groups excluding carboxylic acids is 1. The minimum absolute atomic E-state index is 0.133. The summed E-state index contributed by atoms with van der Waals surface area (Å²) in [5, 5.41) is 11.6. The van der Waals surface area contributed by atoms with Gasteiger partial charge in [-0.15, -0.1) is 0 Å². The summed E-state index contributed by atoms with van der Waals surface area (Å²) in [6.45, 7) is 2.33. The van der Waals surface area contributed by atoms with Gasteiger partial charge in [-0.3, -0.25) is 4.79 Å². The minimum atomic E-state index is -0.303. The quantitative estimate of drug-likeness (QED) is 0.635. The summed E-state index contributed by atoms with van der Waals surface area (Å²) in [7, 11) is 3.12. The highest BCUT2D eigenvalue weighted by molar-refractivity contribution is 6.05. The van der Waals surface area contributed by atoms with Crippen molar-refractivity contribution in [1.29, 1.82) is 0 Å². The van der Waals surface area contributed by atoms with Gasteiger partial charge in [0.25, 0.3) is 5.91 Å². The van der Waals surface area contributed by atoms with Gasteiger partial charge in [0.1, 0.15) is 17.6 Å². The molecule has 0 spiro atoms. The van der Waals surface area contributed by atoms with Gasteiger partial charge in [-0.2, -0.15) is 0 Å². The van der Waals surface area contributed by atoms with E-state index in [1.807, 2.05) is 17.6 Å². The Morgan fingerprint density at radius 2 is 2.07 bits per heavy atom. The molecule has 0 saturated heterocycles. The van der Waals surface area contributed by atoms with Crippen LogP contribution in [-0.4, -0.2) is 57.9 Å². The predicted molar refractivity (Wildman–Crippen MR) is 98.1 cm³/mol. The van der Waals surface area contributed by atoms with Crippen LogP contribution in [0.3, 0.4) is 0 Å². The van der Waals surface area contributed by atoms with Gasteiger partial charge in [0.15, 0.2) is 0 Å². The Morgan fingerprint density at radius 3 is 2.78 bits per heavy atom. The molecule has 9 nitrogen and oxygen atoms in total. The second kappa shape index (κ2) is 8.00. The summed E-state index contributed by atoms with van der Waals surface area (Å²) < 4.78 is 12.4. The Balaban J connectivity index is 2.07. The van der Waals surface area contributed by atoms with Crippen molar-refractivity contribution in [3.8, 4) is 11.6 Å². The van der Waals surface area contributed by atoms with Crippen LogP contribution in [0.25, 0.3) is 11.0 Å². The third kappa shape index (κ3) is 3.68. The second-order valence-electron chi connectivity index (χ2n) is 5.85. The molecule has 0 aromatic carbocycles. The lowest BCUT2D eigenvalue weighted by atomic mass is 10.2. The number of carbonyl (C=O) groups is 1. The number of aliphatic hydroxyl groups excluding tert-OH is 1. The van der Waals surface area contributed by atoms with Gasteiger partial charge in [0.2, 0.25) is 5.88 Å². The number of hydrogen-bond donors (Lipinski definition) is 2. The first-order valence-electron chi connectivity index (χ1n) is 8.35. The standard InChI is InChI=1S/C18H21N5O4/c1-11-14(21-10-22-18(11)27-3)9-23-8-13(17(25)19-4-5-24)16-15(23)6-12(26-2)7-20-16/h6-8,10,24H,4-5,9H2,1-3H3,(H,19,25). The fourth-order valence-electron chi connectivity index (χ4n) is 2.82. The monoisotopic (exact) mass is 371 g/mol. The molecule has 142 valence electrons. The lowest BCUT2D eigenvalue weighted by Gasteiger charge is -2.10. The fourth-order valence-corrected chi connectivity index (χ4v) is 2.82. The van der Waals surface area contributed by atoms with Gasteiger partial charge in [-0.1, -0.05) is 0 Å². The number of fused-ring (bicyclic) bond motifs is 1. The first-order chi connectivity index (χ1) is 13.1. The molecule has 27 heavy (non-hydrogen) atoms. The number of aromatic nitrogens is 4. The molecule has 0 atom stereocenters. The first-order valence-corrected chi connectivity index (χ1v) is 8.35. The van der Waals surface area contributed by atoms with Gasteiger partial charge in [-0.05, 0) is 6.92 Å². The molecule has 0 fully saturated rings. The molecule has 3 aromatic rings. The lowest BCUT2D eigenvalue weighted by Crippen LogP contribution is -2.26. The predicted octanol–water partition coefficient (Wildman–Crippen LogP) is 0.922. The number of nitrogens with one attached hydrogen (secondary N) is 1. The van der Waals surface area contributed by atoms with Crippen LogP contribution in [0.1, 0.15) is 21.6 Å². The fraction of sp³-hybridized carbons (Fsp3) is 0.333. The molecular weight excluding hydrogens is 350 g/mol. The van der Waals surface area contributed by atoms with E-state index in [4.69, 9.17) is 14.6 Å². The Hall–Kier alpha value is -3.20. The highest BCUT2D eigenvalue weighted by Crippen LogP contribution is 2.25. The van der Waals surface area contributed by atoms with Crippen molar-refractivity contribution in [1.82, 2.24) is 24.8 Å². The van der Waals surface area contributed by atoms with Gasteiger partial charge in [0, 0.05) is 24.4 Å². The Labute approximate surface area is 156 Å². The summed E-state index contributed by atoms with van der Waals surface area (Å²) in [5.41, 5.74) is 3.29. The van der Waals surface area contributed by atoms with Crippen LogP contribution in [-0.2, 0) is 6.54 Å². The van der Waals surface area contributed by atoms with Crippen molar-refractivity contribution < 1.29 is 19.4 Å². The smallest absolute Gasteiger partial charge is 0.255 e. The molecule has 0 saturated carbocycles. The van der Waals surface area contributed by atoms with Crippen molar-refractivity contribution in [3.05, 3.63) is 41.6 Å². The van der Waals surface area contributed by atoms with Crippen LogP contribution in [0.2, 0.25) is 0 Å². The SMILES string of the molecule is COc1cnc2c(C(=O)NCCO)cn(Cc3ncnc(OC)c3C)c2c1. The second-order valence-corrected chi connectivity index (χ2v) is 5.85. The van der Waals surface area contributed by atoms with Crippen molar-refractivity contribution in [2.75, 3.05) is 27.4 Å². The number of aliphatic hydroxyl groups is 1. The summed E-state index contributed by atoms with van der Waals surface area (Å²) in [4.78, 5) is 25.3. The van der Waals surface area contributed by atoms with E-state index < -0.39 is 0 Å². The van der Waals surface area contributed by atoms with Crippen LogP contribution in [0, 0.1) is 6.92 Å². The highest BCUT2D eigenvalue weighted by Gasteiger charge is 2.18. The third-order valence-corrected chi connectivity index (χ3v) is 4.23. The van der Waals surface area contributed by atoms with Crippen molar-refractivity contribution in [2.24, 2.45) is 0 Å². The van der Waals surface area contributed by atoms with E-state index >= 15 is 0 Å². The molecule has 0 aliphatic carbocycles. The third-order valence-electron chi connectivity index (χ3n) is 4.23. The highest BCUT2D eigenvalue weighted by atomic mass is 16.5. The largest absolute Gasteiger partial charge is 0.495 e. The number of pyridine rings is 1. The average Bonchev–Trinajstić information content (AvgIpc) is 3.05. The van der Waals surface area contributed by atoms with E-state index in [1.54, 1.807) is 26.6 Å². The van der Waals surface area contributed by atoms with E-state index in [1.165, 1.54) is 6.33 Å². The molecule has 0 radical (unpaired) electrons. The van der Waals surface area contributed by atoms with E-state index in [-0.39, 0.29) is 19.1 Å². The number of ether oxygens (including phenoxy) is 2. The van der Waals surface area contributed by atoms with Crippen LogP contribution in [0.4, 0.5) is 0 Å². The zero-order valence-corrected chi connectivity index (χ0v) is 15.4. The van der Waals surface area contributed by atoms with Gasteiger partial charge in [-0.25, -0.2) is 15.0 Å². The van der Waals surface area contributed by atoms with E-state index in [0.717, 1.165) is 16.8 Å². The molecule has 0 unspecified atom stereocenters. The Kier molecular flexibility index (Phi) is 5.51. The molecular formula is C18H21N5O4. The average molecular weight is 371 g/mol. The van der Waals surface area contributed by atoms with E-state index in [9.17, 15) is 4.79 Å². The molecule has 3 rings (SSSR count). The van der Waals surface area contributed by atoms with Crippen LogP contribution >= 0.6 is 0 Å². The number of methoxy groups -OCH3 is 2. The van der Waals surface area contributed by atoms with Gasteiger partial charge in [0.05, 0.1) is 50.3 Å². The topological polar surface area (TPSA) is 111 Å². The minimum Gasteiger partial charge on any atom is -0.495 e. The summed E-state index contributed by atoms with van der Waals surface area (Å²) >= 11 is 0. The normalized spacial score (nSPS) is 10.8. The Bertz CT molecular complexity index is 970. The molecule has 0 aliphatic heterocycles. The van der Waals surface area contributed by atoms with Crippen molar-refractivity contribution in [3.63, 3.8) is 0 Å². The van der Waals surface area contributed by atoms with Crippen molar-refractivity contribution in [2.45, 2.75) is 13.5 Å². The van der Waals surface area contributed by atoms with Crippen LogP contribution in [0.5, 0.6) is 11.6 Å². The van der Waals surface area contributed by atoms with Crippen LogP contribution < -0.4 is 14.8 Å². The maximum Gasteiger partial charge on any atom is 0.255 e. The molecule has 1 amide bonds. The van der Waals surface area contributed by atoms with Crippen LogP contribution in [0.15, 0.2) is 24.8 Å². The molecule has 9 heteroatoms. The number of nitrogens with zero attached hydrogens (tertiary/aromatic N) is 4. The molecule has 0 bridgehead atoms. The number of amides is 1. The summed E-state index contributed by atoms with van der Waals surface area (Å²) in [6, 6.07) is 1.82. The van der Waals surface area contributed by atoms with Crippen molar-refractivity contribution >= 4 is 16.9 Å². The maximum atomic E-state index is 12.5. The van der Waals surface area contributed by atoms with E-state index in [2.05, 4.69) is 20.3 Å². The van der Waals surface area contributed by atoms with Gasteiger partial charge < -0.3 is 24.5 Å². The zero-order valence-electron chi connectivity index (χ0n) is 15.4. The maximum absolute atomic E-state index is 12.5. The number of rotatable bonds is 7.